The van der Waals surface area contributed by atoms with Crippen LogP contribution in [-0.4, -0.2) is 41.9 Å². The summed E-state index contributed by atoms with van der Waals surface area (Å²) in [5.74, 6) is 2.48. The quantitative estimate of drug-likeness (QED) is 0.424. The average molecular weight is 413 g/mol. The average Bonchev–Trinajstić information content (AvgIpc) is 3.11. The largest absolute Gasteiger partial charge is 0.493 e. The van der Waals surface area contributed by atoms with Gasteiger partial charge in [-0.2, -0.15) is 14.9 Å². The topological polar surface area (TPSA) is 73.7 Å². The van der Waals surface area contributed by atoms with Crippen molar-refractivity contribution in [3.8, 4) is 17.2 Å². The lowest BCUT2D eigenvalue weighted by molar-refractivity contribution is 0.288. The molecule has 3 rings (SSSR count). The highest BCUT2D eigenvalue weighted by Gasteiger charge is 2.13. The van der Waals surface area contributed by atoms with Crippen LogP contribution in [0, 0.1) is 4.77 Å². The zero-order valence-corrected chi connectivity index (χ0v) is 17.5. The number of H-pyrrole nitrogens is 1. The van der Waals surface area contributed by atoms with Gasteiger partial charge in [0.15, 0.2) is 17.3 Å². The molecule has 0 spiro atoms. The normalized spacial score (nSPS) is 11.0. The van der Waals surface area contributed by atoms with Gasteiger partial charge in [0.2, 0.25) is 10.5 Å². The lowest BCUT2D eigenvalue weighted by atomic mass is 10.1. The van der Waals surface area contributed by atoms with Crippen LogP contribution >= 0.6 is 12.2 Å². The van der Waals surface area contributed by atoms with Crippen molar-refractivity contribution in [1.82, 2.24) is 14.9 Å². The molecule has 152 valence electrons. The van der Waals surface area contributed by atoms with E-state index >= 15 is 0 Å². The molecule has 0 amide bonds. The predicted molar refractivity (Wildman–Crippen MR) is 115 cm³/mol. The summed E-state index contributed by atoms with van der Waals surface area (Å²) in [6.45, 7) is 2.42. The second kappa shape index (κ2) is 9.88. The minimum absolute atomic E-state index is 0.439. The molecule has 0 unspecified atom stereocenters. The number of ether oxygens (including phenoxy) is 3. The molecule has 0 saturated heterocycles. The van der Waals surface area contributed by atoms with Crippen molar-refractivity contribution in [3.05, 3.63) is 64.2 Å². The summed E-state index contributed by atoms with van der Waals surface area (Å²) in [6, 6.07) is 13.9. The molecule has 1 N–H and O–H groups in total. The van der Waals surface area contributed by atoms with Crippen molar-refractivity contribution in [2.75, 3.05) is 20.8 Å². The highest BCUT2D eigenvalue weighted by Crippen LogP contribution is 2.38. The van der Waals surface area contributed by atoms with Crippen molar-refractivity contribution in [2.45, 2.75) is 19.8 Å². The number of nitrogens with zero attached hydrogens (tertiary/aromatic N) is 3. The third-order valence-corrected chi connectivity index (χ3v) is 4.56. The molecule has 1 heterocycles. The van der Waals surface area contributed by atoms with Gasteiger partial charge in [0.1, 0.15) is 0 Å². The number of rotatable bonds is 9. The number of nitrogens with one attached hydrogen (secondary N) is 1. The zero-order valence-electron chi connectivity index (χ0n) is 16.7. The van der Waals surface area contributed by atoms with Crippen molar-refractivity contribution < 1.29 is 14.2 Å². The predicted octanol–water partition coefficient (Wildman–Crippen LogP) is 4.02. The van der Waals surface area contributed by atoms with Crippen LogP contribution in [0.15, 0.2) is 47.6 Å². The smallest absolute Gasteiger partial charge is 0.216 e. The Balaban J connectivity index is 1.84. The van der Waals surface area contributed by atoms with Crippen molar-refractivity contribution in [2.24, 2.45) is 5.10 Å². The molecule has 0 bridgehead atoms. The zero-order chi connectivity index (χ0) is 20.6. The van der Waals surface area contributed by atoms with Gasteiger partial charge < -0.3 is 14.2 Å². The molecule has 0 saturated carbocycles. The fourth-order valence-electron chi connectivity index (χ4n) is 2.89. The highest BCUT2D eigenvalue weighted by atomic mass is 32.1. The fraction of sp³-hybridized carbons (Fsp3) is 0.286. The fourth-order valence-corrected chi connectivity index (χ4v) is 3.09. The first-order chi connectivity index (χ1) is 14.2. The Kier molecular flexibility index (Phi) is 7.02. The minimum atomic E-state index is 0.439. The maximum atomic E-state index is 5.64. The molecular weight excluding hydrogens is 388 g/mol. The standard InChI is InChI=1S/C21H24N4O3S/c1-4-28-20-17(26-2)12-16(13-18(20)27-3)14-22-25-19(23-24-21(25)29)11-10-15-8-6-5-7-9-15/h5-9,12-14H,4,10-11H2,1-3H3,(H,24,29)/b22-14-. The van der Waals surface area contributed by atoms with E-state index in [-0.39, 0.29) is 0 Å². The Labute approximate surface area is 174 Å². The molecule has 7 nitrogen and oxygen atoms in total. The summed E-state index contributed by atoms with van der Waals surface area (Å²) in [5, 5.41) is 11.6. The molecule has 0 aliphatic heterocycles. The molecule has 0 aliphatic carbocycles. The van der Waals surface area contributed by atoms with Crippen molar-refractivity contribution in [1.29, 1.82) is 0 Å². The van der Waals surface area contributed by atoms with E-state index in [2.05, 4.69) is 27.4 Å². The van der Waals surface area contributed by atoms with Gasteiger partial charge in [0.05, 0.1) is 27.0 Å². The van der Waals surface area contributed by atoms with E-state index in [0.717, 1.165) is 17.8 Å². The number of methoxy groups -OCH3 is 2. The van der Waals surface area contributed by atoms with Gasteiger partial charge in [-0.3, -0.25) is 5.10 Å². The first-order valence-corrected chi connectivity index (χ1v) is 9.70. The first-order valence-electron chi connectivity index (χ1n) is 9.29. The third-order valence-electron chi connectivity index (χ3n) is 4.29. The van der Waals surface area contributed by atoms with E-state index in [4.69, 9.17) is 26.4 Å². The van der Waals surface area contributed by atoms with Crippen LogP contribution in [0.25, 0.3) is 0 Å². The summed E-state index contributed by atoms with van der Waals surface area (Å²) < 4.78 is 18.6. The summed E-state index contributed by atoms with van der Waals surface area (Å²) in [6.07, 6.45) is 3.25. The maximum absolute atomic E-state index is 5.64. The number of hydrogen-bond acceptors (Lipinski definition) is 6. The van der Waals surface area contributed by atoms with Gasteiger partial charge in [-0.05, 0) is 43.3 Å². The molecule has 2 aromatic carbocycles. The summed E-state index contributed by atoms with van der Waals surface area (Å²) >= 11 is 5.33. The number of aromatic nitrogens is 3. The highest BCUT2D eigenvalue weighted by molar-refractivity contribution is 7.71. The number of aromatic amines is 1. The van der Waals surface area contributed by atoms with Gasteiger partial charge in [-0.15, -0.1) is 0 Å². The second-order valence-electron chi connectivity index (χ2n) is 6.17. The molecule has 0 atom stereocenters. The van der Waals surface area contributed by atoms with E-state index in [0.29, 0.717) is 35.0 Å². The van der Waals surface area contributed by atoms with E-state index < -0.39 is 0 Å². The van der Waals surface area contributed by atoms with Crippen LogP contribution in [0.5, 0.6) is 17.2 Å². The summed E-state index contributed by atoms with van der Waals surface area (Å²) in [5.41, 5.74) is 2.03. The molecule has 29 heavy (non-hydrogen) atoms. The third kappa shape index (κ3) is 5.03. The van der Waals surface area contributed by atoms with Gasteiger partial charge in [0.25, 0.3) is 0 Å². The first kappa shape index (κ1) is 20.6. The SMILES string of the molecule is CCOc1c(OC)cc(/C=N\n2c(CCc3ccccc3)n[nH]c2=S)cc1OC. The van der Waals surface area contributed by atoms with Crippen LogP contribution in [0.2, 0.25) is 0 Å². The molecule has 3 aromatic rings. The summed E-state index contributed by atoms with van der Waals surface area (Å²) in [4.78, 5) is 0. The molecular formula is C21H24N4O3S. The Hall–Kier alpha value is -3.13. The minimum Gasteiger partial charge on any atom is -0.493 e. The van der Waals surface area contributed by atoms with Crippen LogP contribution in [0.1, 0.15) is 23.9 Å². The van der Waals surface area contributed by atoms with E-state index in [9.17, 15) is 0 Å². The van der Waals surface area contributed by atoms with Crippen molar-refractivity contribution >= 4 is 18.4 Å². The summed E-state index contributed by atoms with van der Waals surface area (Å²) in [7, 11) is 3.18. The van der Waals surface area contributed by atoms with Gasteiger partial charge in [-0.1, -0.05) is 30.3 Å². The second-order valence-corrected chi connectivity index (χ2v) is 6.56. The molecule has 0 aliphatic rings. The van der Waals surface area contributed by atoms with Crippen LogP contribution in [0.4, 0.5) is 0 Å². The van der Waals surface area contributed by atoms with Crippen molar-refractivity contribution in [3.63, 3.8) is 0 Å². The monoisotopic (exact) mass is 412 g/mol. The molecule has 0 fully saturated rings. The maximum Gasteiger partial charge on any atom is 0.216 e. The van der Waals surface area contributed by atoms with Gasteiger partial charge >= 0.3 is 0 Å². The number of aryl methyl sites for hydroxylation is 2. The van der Waals surface area contributed by atoms with Crippen LogP contribution in [0.3, 0.4) is 0 Å². The molecule has 1 aromatic heterocycles. The van der Waals surface area contributed by atoms with Gasteiger partial charge in [-0.25, -0.2) is 0 Å². The lowest BCUT2D eigenvalue weighted by Crippen LogP contribution is -2.02. The Morgan fingerprint density at radius 1 is 1.10 bits per heavy atom. The van der Waals surface area contributed by atoms with Gasteiger partial charge in [0, 0.05) is 12.0 Å². The number of hydrogen-bond donors (Lipinski definition) is 1. The number of benzene rings is 2. The van der Waals surface area contributed by atoms with Crippen LogP contribution in [-0.2, 0) is 12.8 Å². The Bertz CT molecular complexity index is 1000. The van der Waals surface area contributed by atoms with E-state index in [1.165, 1.54) is 5.56 Å². The Morgan fingerprint density at radius 3 is 2.41 bits per heavy atom. The van der Waals surface area contributed by atoms with E-state index in [1.54, 1.807) is 25.1 Å². The Morgan fingerprint density at radius 2 is 1.79 bits per heavy atom. The molecule has 8 heteroatoms. The van der Waals surface area contributed by atoms with E-state index in [1.807, 2.05) is 37.3 Å². The molecule has 0 radical (unpaired) electrons. The lowest BCUT2D eigenvalue weighted by Gasteiger charge is -2.14. The van der Waals surface area contributed by atoms with Crippen LogP contribution < -0.4 is 14.2 Å².